The third kappa shape index (κ3) is 2.47. The molecule has 1 aliphatic heterocycles. The Hall–Kier alpha value is -0.0551. The quantitative estimate of drug-likeness (QED) is 0.573. The standard InChI is InChI=1S/C8H15BO3/c1-10-5-8-7(11-2)3-6(9)4-12-8/h6-8H,3-5H2,1-2H3/t6-,7-,8+/m0/s1. The maximum Gasteiger partial charge on any atom is 0.107 e. The van der Waals surface area contributed by atoms with E-state index in [1.165, 1.54) is 0 Å². The largest absolute Gasteiger partial charge is 0.382 e. The van der Waals surface area contributed by atoms with Crippen molar-refractivity contribution < 1.29 is 14.2 Å². The molecule has 0 aromatic heterocycles. The molecule has 1 fully saturated rings. The van der Waals surface area contributed by atoms with Crippen molar-refractivity contribution in [1.29, 1.82) is 0 Å². The van der Waals surface area contributed by atoms with Crippen LogP contribution in [0.15, 0.2) is 0 Å². The molecule has 12 heavy (non-hydrogen) atoms. The van der Waals surface area contributed by atoms with Crippen molar-refractivity contribution in [3.8, 4) is 0 Å². The van der Waals surface area contributed by atoms with Gasteiger partial charge >= 0.3 is 0 Å². The summed E-state index contributed by atoms with van der Waals surface area (Å²) >= 11 is 0. The minimum absolute atomic E-state index is 0.0415. The van der Waals surface area contributed by atoms with Gasteiger partial charge in [-0.1, -0.05) is 5.82 Å². The van der Waals surface area contributed by atoms with Crippen LogP contribution < -0.4 is 0 Å². The maximum absolute atomic E-state index is 5.71. The summed E-state index contributed by atoms with van der Waals surface area (Å²) in [5, 5.41) is 0. The summed E-state index contributed by atoms with van der Waals surface area (Å²) in [6.45, 7) is 1.18. The van der Waals surface area contributed by atoms with Crippen LogP contribution in [0, 0.1) is 0 Å². The first-order valence-corrected chi connectivity index (χ1v) is 4.16. The highest BCUT2D eigenvalue weighted by Crippen LogP contribution is 2.23. The van der Waals surface area contributed by atoms with Gasteiger partial charge in [-0.25, -0.2) is 0 Å². The summed E-state index contributed by atoms with van der Waals surface area (Å²) in [7, 11) is 9.05. The first kappa shape index (κ1) is 10.0. The second kappa shape index (κ2) is 4.85. The Morgan fingerprint density at radius 3 is 2.83 bits per heavy atom. The predicted molar refractivity (Wildman–Crippen MR) is 46.5 cm³/mol. The zero-order valence-corrected chi connectivity index (χ0v) is 7.66. The van der Waals surface area contributed by atoms with Crippen LogP contribution >= 0.6 is 0 Å². The van der Waals surface area contributed by atoms with E-state index in [1.54, 1.807) is 14.2 Å². The zero-order chi connectivity index (χ0) is 8.97. The van der Waals surface area contributed by atoms with Crippen molar-refractivity contribution in [2.45, 2.75) is 24.4 Å². The molecule has 0 unspecified atom stereocenters. The van der Waals surface area contributed by atoms with Crippen LogP contribution in [0.1, 0.15) is 6.42 Å². The Morgan fingerprint density at radius 2 is 2.25 bits per heavy atom. The van der Waals surface area contributed by atoms with Gasteiger partial charge in [-0.3, -0.25) is 0 Å². The molecule has 1 saturated heterocycles. The van der Waals surface area contributed by atoms with Crippen molar-refractivity contribution in [3.63, 3.8) is 0 Å². The Bertz CT molecular complexity index is 131. The van der Waals surface area contributed by atoms with E-state index in [-0.39, 0.29) is 18.0 Å². The van der Waals surface area contributed by atoms with Crippen LogP contribution in [-0.2, 0) is 14.2 Å². The molecular weight excluding hydrogens is 155 g/mol. The molecule has 0 saturated carbocycles. The van der Waals surface area contributed by atoms with E-state index in [0.717, 1.165) is 6.42 Å². The normalized spacial score (nSPS) is 36.7. The third-order valence-electron chi connectivity index (χ3n) is 2.11. The summed E-state index contributed by atoms with van der Waals surface area (Å²) < 4.78 is 15.7. The third-order valence-corrected chi connectivity index (χ3v) is 2.11. The van der Waals surface area contributed by atoms with Crippen molar-refractivity contribution >= 4 is 7.85 Å². The van der Waals surface area contributed by atoms with Crippen LogP contribution in [0.2, 0.25) is 5.82 Å². The van der Waals surface area contributed by atoms with Gasteiger partial charge in [0.1, 0.15) is 6.10 Å². The van der Waals surface area contributed by atoms with Crippen molar-refractivity contribution in [3.05, 3.63) is 0 Å². The summed E-state index contributed by atoms with van der Waals surface area (Å²) in [4.78, 5) is 0. The highest BCUT2D eigenvalue weighted by molar-refractivity contribution is 6.11. The minimum atomic E-state index is 0.0415. The number of ether oxygens (including phenoxy) is 3. The fourth-order valence-electron chi connectivity index (χ4n) is 1.44. The van der Waals surface area contributed by atoms with E-state index >= 15 is 0 Å². The second-order valence-electron chi connectivity index (χ2n) is 3.10. The zero-order valence-electron chi connectivity index (χ0n) is 7.66. The molecule has 68 valence electrons. The number of rotatable bonds is 3. The average Bonchev–Trinajstić information content (AvgIpc) is 2.08. The Balaban J connectivity index is 2.39. The molecule has 3 nitrogen and oxygen atoms in total. The number of hydrogen-bond acceptors (Lipinski definition) is 3. The fraction of sp³-hybridized carbons (Fsp3) is 1.00. The number of hydrogen-bond donors (Lipinski definition) is 0. The molecule has 0 aromatic carbocycles. The predicted octanol–water partition coefficient (Wildman–Crippen LogP) is 0.394. The van der Waals surface area contributed by atoms with E-state index in [1.807, 2.05) is 0 Å². The second-order valence-corrected chi connectivity index (χ2v) is 3.10. The van der Waals surface area contributed by atoms with E-state index in [2.05, 4.69) is 0 Å². The summed E-state index contributed by atoms with van der Waals surface area (Å²) in [5.41, 5.74) is 0. The molecule has 0 amide bonds. The van der Waals surface area contributed by atoms with Gasteiger partial charge in [-0.2, -0.15) is 0 Å². The van der Waals surface area contributed by atoms with Gasteiger partial charge in [0.25, 0.3) is 0 Å². The molecule has 1 aliphatic rings. The first-order valence-electron chi connectivity index (χ1n) is 4.16. The van der Waals surface area contributed by atoms with E-state index in [4.69, 9.17) is 22.1 Å². The van der Waals surface area contributed by atoms with Crippen LogP contribution in [0.3, 0.4) is 0 Å². The van der Waals surface area contributed by atoms with Crippen molar-refractivity contribution in [2.24, 2.45) is 0 Å². The maximum atomic E-state index is 5.71. The molecule has 3 atom stereocenters. The summed E-state index contributed by atoms with van der Waals surface area (Å²) in [6.07, 6.45) is 0.971. The summed E-state index contributed by atoms with van der Waals surface area (Å²) in [5.74, 6) is 0.100. The van der Waals surface area contributed by atoms with Gasteiger partial charge in [0.15, 0.2) is 0 Å². The molecule has 4 heteroatoms. The molecule has 2 radical (unpaired) electrons. The van der Waals surface area contributed by atoms with Crippen LogP contribution in [0.25, 0.3) is 0 Å². The van der Waals surface area contributed by atoms with Gasteiger partial charge in [0, 0.05) is 20.8 Å². The lowest BCUT2D eigenvalue weighted by Crippen LogP contribution is -2.40. The fourth-order valence-corrected chi connectivity index (χ4v) is 1.44. The van der Waals surface area contributed by atoms with Crippen molar-refractivity contribution in [1.82, 2.24) is 0 Å². The van der Waals surface area contributed by atoms with Crippen molar-refractivity contribution in [2.75, 3.05) is 27.4 Å². The Kier molecular flexibility index (Phi) is 4.05. The first-order chi connectivity index (χ1) is 5.77. The van der Waals surface area contributed by atoms with Gasteiger partial charge in [0.05, 0.1) is 20.6 Å². The lowest BCUT2D eigenvalue weighted by Gasteiger charge is -2.33. The SMILES string of the molecule is [B][C@@H]1CO[C@H](COC)[C@@H](OC)C1. The molecule has 0 bridgehead atoms. The highest BCUT2D eigenvalue weighted by atomic mass is 16.6. The lowest BCUT2D eigenvalue weighted by atomic mass is 9.80. The van der Waals surface area contributed by atoms with Gasteiger partial charge in [-0.15, -0.1) is 0 Å². The number of methoxy groups -OCH3 is 2. The molecule has 0 N–H and O–H groups in total. The molecular formula is C8H15BO3. The van der Waals surface area contributed by atoms with Gasteiger partial charge in [0.2, 0.25) is 0 Å². The van der Waals surface area contributed by atoms with Crippen LogP contribution in [0.5, 0.6) is 0 Å². The molecule has 1 heterocycles. The monoisotopic (exact) mass is 170 g/mol. The van der Waals surface area contributed by atoms with Gasteiger partial charge in [-0.05, 0) is 6.42 Å². The van der Waals surface area contributed by atoms with E-state index in [0.29, 0.717) is 13.2 Å². The molecule has 1 rings (SSSR count). The topological polar surface area (TPSA) is 27.7 Å². The lowest BCUT2D eigenvalue weighted by molar-refractivity contribution is -0.113. The smallest absolute Gasteiger partial charge is 0.107 e. The molecule has 0 spiro atoms. The Morgan fingerprint density at radius 1 is 1.50 bits per heavy atom. The highest BCUT2D eigenvalue weighted by Gasteiger charge is 2.28. The average molecular weight is 170 g/mol. The minimum Gasteiger partial charge on any atom is -0.382 e. The molecule has 0 aliphatic carbocycles. The van der Waals surface area contributed by atoms with Crippen LogP contribution in [-0.4, -0.2) is 47.5 Å². The summed E-state index contributed by atoms with van der Waals surface area (Å²) in [6, 6.07) is 0. The molecule has 0 aromatic rings. The Labute approximate surface area is 74.8 Å². The van der Waals surface area contributed by atoms with E-state index < -0.39 is 0 Å². The van der Waals surface area contributed by atoms with E-state index in [9.17, 15) is 0 Å². The van der Waals surface area contributed by atoms with Crippen LogP contribution in [0.4, 0.5) is 0 Å². The van der Waals surface area contributed by atoms with Gasteiger partial charge < -0.3 is 14.2 Å².